The van der Waals surface area contributed by atoms with Gasteiger partial charge in [-0.2, -0.15) is 4.99 Å². The molecule has 1 saturated carbocycles. The number of amides is 2. The normalized spacial score (nSPS) is 27.0. The maximum atomic E-state index is 11.7. The number of carbonyl (C=O) groups excluding carboxylic acids is 2. The molecule has 15 heavy (non-hydrogen) atoms. The lowest BCUT2D eigenvalue weighted by atomic mass is 9.95. The summed E-state index contributed by atoms with van der Waals surface area (Å²) in [6, 6.07) is 0. The molecule has 2 aliphatic rings. The predicted molar refractivity (Wildman–Crippen MR) is 55.1 cm³/mol. The van der Waals surface area contributed by atoms with Crippen molar-refractivity contribution < 1.29 is 9.59 Å². The highest BCUT2D eigenvalue weighted by Crippen LogP contribution is 2.48. The van der Waals surface area contributed by atoms with Crippen LogP contribution in [0.15, 0.2) is 4.99 Å². The smallest absolute Gasteiger partial charge is 0.263 e. The molecular weight excluding hydrogens is 194 g/mol. The van der Waals surface area contributed by atoms with E-state index in [1.54, 1.807) is 6.92 Å². The Bertz CT molecular complexity index is 367. The summed E-state index contributed by atoms with van der Waals surface area (Å²) in [4.78, 5) is 27.3. The van der Waals surface area contributed by atoms with Gasteiger partial charge in [-0.3, -0.25) is 9.59 Å². The average Bonchev–Trinajstić information content (AvgIpc) is 2.95. The van der Waals surface area contributed by atoms with Crippen molar-refractivity contribution in [1.29, 1.82) is 0 Å². The van der Waals surface area contributed by atoms with E-state index in [2.05, 4.69) is 10.3 Å². The number of nitrogens with one attached hydrogen (secondary N) is 1. The number of aliphatic imine (C=N–C) groups is 1. The number of nitrogens with zero attached hydrogens (tertiary/aromatic N) is 1. The standard InChI is InChI=1S/C10H15N3O2/c1-3-9(2,11)6-12-7(14)10(4-5-10)8(15)13-6/h3-5,11H2,1-2H3,(H,12,13,14,15). The van der Waals surface area contributed by atoms with E-state index in [9.17, 15) is 9.59 Å². The van der Waals surface area contributed by atoms with Crippen LogP contribution < -0.4 is 11.1 Å². The Hall–Kier alpha value is -1.23. The molecular formula is C10H15N3O2. The van der Waals surface area contributed by atoms with Gasteiger partial charge in [0.2, 0.25) is 5.91 Å². The fourth-order valence-corrected chi connectivity index (χ4v) is 1.56. The van der Waals surface area contributed by atoms with Gasteiger partial charge in [0.25, 0.3) is 5.91 Å². The van der Waals surface area contributed by atoms with Gasteiger partial charge >= 0.3 is 0 Å². The Labute approximate surface area is 88.1 Å². The van der Waals surface area contributed by atoms with Gasteiger partial charge in [-0.25, -0.2) is 0 Å². The SMILES string of the molecule is CCC(C)(N)C1=NC(=O)C2(CC2)C(=O)N1. The molecule has 0 aromatic rings. The fourth-order valence-electron chi connectivity index (χ4n) is 1.56. The predicted octanol–water partition coefficient (Wildman–Crippen LogP) is -0.0511. The minimum atomic E-state index is -0.840. The lowest BCUT2D eigenvalue weighted by Crippen LogP contribution is -2.58. The first-order valence-electron chi connectivity index (χ1n) is 5.16. The van der Waals surface area contributed by atoms with Crippen LogP contribution in [0.5, 0.6) is 0 Å². The zero-order chi connectivity index (χ0) is 11.3. The number of hydrogen-bond donors (Lipinski definition) is 2. The maximum absolute atomic E-state index is 11.7. The van der Waals surface area contributed by atoms with Crippen LogP contribution in [0.25, 0.3) is 0 Å². The van der Waals surface area contributed by atoms with Gasteiger partial charge in [-0.1, -0.05) is 6.92 Å². The van der Waals surface area contributed by atoms with E-state index in [-0.39, 0.29) is 11.8 Å². The van der Waals surface area contributed by atoms with E-state index in [0.717, 1.165) is 0 Å². The van der Waals surface area contributed by atoms with Gasteiger partial charge in [-0.05, 0) is 26.2 Å². The number of hydrogen-bond acceptors (Lipinski definition) is 3. The molecule has 82 valence electrons. The minimum Gasteiger partial charge on any atom is -0.319 e. The van der Waals surface area contributed by atoms with Gasteiger partial charge in [0.05, 0.1) is 5.54 Å². The molecule has 1 aliphatic heterocycles. The monoisotopic (exact) mass is 209 g/mol. The molecule has 0 saturated heterocycles. The van der Waals surface area contributed by atoms with E-state index in [0.29, 0.717) is 25.1 Å². The molecule has 1 heterocycles. The second-order valence-electron chi connectivity index (χ2n) is 4.57. The lowest BCUT2D eigenvalue weighted by Gasteiger charge is -2.29. The van der Waals surface area contributed by atoms with Crippen LogP contribution in [0.1, 0.15) is 33.1 Å². The highest BCUT2D eigenvalue weighted by molar-refractivity contribution is 6.22. The van der Waals surface area contributed by atoms with Crippen LogP contribution in [0.4, 0.5) is 0 Å². The molecule has 5 heteroatoms. The first-order valence-corrected chi connectivity index (χ1v) is 5.16. The van der Waals surface area contributed by atoms with Gasteiger partial charge in [0.1, 0.15) is 11.3 Å². The molecule has 2 rings (SSSR count). The summed E-state index contributed by atoms with van der Waals surface area (Å²) in [7, 11) is 0. The second kappa shape index (κ2) is 2.88. The van der Waals surface area contributed by atoms with E-state index >= 15 is 0 Å². The highest BCUT2D eigenvalue weighted by Gasteiger charge is 2.59. The van der Waals surface area contributed by atoms with Crippen LogP contribution in [0.2, 0.25) is 0 Å². The summed E-state index contributed by atoms with van der Waals surface area (Å²) in [5, 5.41) is 2.66. The molecule has 1 fully saturated rings. The van der Waals surface area contributed by atoms with Crippen LogP contribution in [0.3, 0.4) is 0 Å². The molecule has 5 nitrogen and oxygen atoms in total. The first kappa shape index (κ1) is 10.3. The molecule has 0 radical (unpaired) electrons. The summed E-state index contributed by atoms with van der Waals surface area (Å²) >= 11 is 0. The third-order valence-electron chi connectivity index (χ3n) is 3.31. The van der Waals surface area contributed by atoms with E-state index in [1.165, 1.54) is 0 Å². The largest absolute Gasteiger partial charge is 0.319 e. The summed E-state index contributed by atoms with van der Waals surface area (Å²) in [6.07, 6.45) is 1.84. The molecule has 1 spiro atoms. The second-order valence-corrected chi connectivity index (χ2v) is 4.57. The maximum Gasteiger partial charge on any atom is 0.263 e. The Kier molecular flexibility index (Phi) is 1.98. The molecule has 0 bridgehead atoms. The van der Waals surface area contributed by atoms with Gasteiger partial charge < -0.3 is 11.1 Å². The third kappa shape index (κ3) is 1.38. The van der Waals surface area contributed by atoms with E-state index in [1.807, 2.05) is 6.92 Å². The lowest BCUT2D eigenvalue weighted by molar-refractivity contribution is -0.135. The molecule has 0 aromatic heterocycles. The summed E-state index contributed by atoms with van der Waals surface area (Å²) in [5.74, 6) is -0.258. The Balaban J connectivity index is 2.31. The average molecular weight is 209 g/mol. The molecule has 1 unspecified atom stereocenters. The Morgan fingerprint density at radius 1 is 1.53 bits per heavy atom. The minimum absolute atomic E-state index is 0.234. The van der Waals surface area contributed by atoms with Crippen molar-refractivity contribution in [2.24, 2.45) is 16.1 Å². The van der Waals surface area contributed by atoms with E-state index < -0.39 is 11.0 Å². The van der Waals surface area contributed by atoms with Crippen molar-refractivity contribution >= 4 is 17.6 Å². The van der Waals surface area contributed by atoms with Crippen LogP contribution >= 0.6 is 0 Å². The topological polar surface area (TPSA) is 84.5 Å². The summed E-state index contributed by atoms with van der Waals surface area (Å²) < 4.78 is 0. The number of rotatable bonds is 2. The van der Waals surface area contributed by atoms with Crippen molar-refractivity contribution in [3.63, 3.8) is 0 Å². The molecule has 0 aromatic carbocycles. The van der Waals surface area contributed by atoms with Crippen LogP contribution in [-0.4, -0.2) is 23.2 Å². The van der Waals surface area contributed by atoms with E-state index in [4.69, 9.17) is 5.73 Å². The highest BCUT2D eigenvalue weighted by atomic mass is 16.2. The van der Waals surface area contributed by atoms with Crippen LogP contribution in [0, 0.1) is 5.41 Å². The van der Waals surface area contributed by atoms with Crippen molar-refractivity contribution in [2.45, 2.75) is 38.6 Å². The zero-order valence-electron chi connectivity index (χ0n) is 8.96. The first-order chi connectivity index (χ1) is 6.92. The van der Waals surface area contributed by atoms with Crippen molar-refractivity contribution in [3.8, 4) is 0 Å². The van der Waals surface area contributed by atoms with Crippen molar-refractivity contribution in [2.75, 3.05) is 0 Å². The number of nitrogens with two attached hydrogens (primary N) is 1. The third-order valence-corrected chi connectivity index (χ3v) is 3.31. The fraction of sp³-hybridized carbons (Fsp3) is 0.700. The Morgan fingerprint density at radius 2 is 2.13 bits per heavy atom. The number of amidine groups is 1. The van der Waals surface area contributed by atoms with Gasteiger partial charge in [-0.15, -0.1) is 0 Å². The van der Waals surface area contributed by atoms with Crippen molar-refractivity contribution in [3.05, 3.63) is 0 Å². The molecule has 1 atom stereocenters. The molecule has 3 N–H and O–H groups in total. The summed E-state index contributed by atoms with van der Waals surface area (Å²) in [5.41, 5.74) is 4.35. The van der Waals surface area contributed by atoms with Crippen LogP contribution in [-0.2, 0) is 9.59 Å². The molecule has 1 aliphatic carbocycles. The van der Waals surface area contributed by atoms with Gasteiger partial charge in [0.15, 0.2) is 0 Å². The number of carbonyl (C=O) groups is 2. The van der Waals surface area contributed by atoms with Gasteiger partial charge in [0, 0.05) is 0 Å². The molecule has 2 amide bonds. The quantitative estimate of drug-likeness (QED) is 0.625. The van der Waals surface area contributed by atoms with Crippen molar-refractivity contribution in [1.82, 2.24) is 5.32 Å². The zero-order valence-corrected chi connectivity index (χ0v) is 8.96. The summed E-state index contributed by atoms with van der Waals surface area (Å²) in [6.45, 7) is 3.64. The Morgan fingerprint density at radius 3 is 2.53 bits per heavy atom.